The van der Waals surface area contributed by atoms with Crippen LogP contribution in [0.1, 0.15) is 20.3 Å². The molecular weight excluding hydrogens is 292 g/mol. The van der Waals surface area contributed by atoms with E-state index in [1.165, 1.54) is 0 Å². The Balaban J connectivity index is 3.10. The van der Waals surface area contributed by atoms with Gasteiger partial charge < -0.3 is 5.11 Å². The van der Waals surface area contributed by atoms with Crippen LogP contribution >= 0.6 is 0 Å². The van der Waals surface area contributed by atoms with Gasteiger partial charge in [-0.1, -0.05) is 19.9 Å². The highest BCUT2D eigenvalue weighted by molar-refractivity contribution is 7.89. The zero-order valence-electron chi connectivity index (χ0n) is 10.9. The highest BCUT2D eigenvalue weighted by Crippen LogP contribution is 2.18. The lowest BCUT2D eigenvalue weighted by molar-refractivity contribution is -0.139. The zero-order chi connectivity index (χ0) is 15.5. The Morgan fingerprint density at radius 3 is 2.45 bits per heavy atom. The van der Waals surface area contributed by atoms with Crippen molar-refractivity contribution in [3.05, 3.63) is 29.8 Å². The fourth-order valence-electron chi connectivity index (χ4n) is 1.61. The molecule has 0 spiro atoms. The van der Waals surface area contributed by atoms with Crippen LogP contribution in [0.5, 0.6) is 0 Å². The summed E-state index contributed by atoms with van der Waals surface area (Å²) in [6, 6.07) is 1.28. The molecule has 20 heavy (non-hydrogen) atoms. The molecule has 0 aromatic heterocycles. The highest BCUT2D eigenvalue weighted by atomic mass is 32.2. The fourth-order valence-corrected chi connectivity index (χ4v) is 2.90. The summed E-state index contributed by atoms with van der Waals surface area (Å²) >= 11 is 0. The summed E-state index contributed by atoms with van der Waals surface area (Å²) in [7, 11) is -4.45. The van der Waals surface area contributed by atoms with Crippen LogP contribution in [-0.4, -0.2) is 25.5 Å². The van der Waals surface area contributed by atoms with Gasteiger partial charge in [-0.25, -0.2) is 17.2 Å². The summed E-state index contributed by atoms with van der Waals surface area (Å²) in [6.45, 7) is 3.43. The van der Waals surface area contributed by atoms with Crippen LogP contribution in [0, 0.1) is 17.6 Å². The average Bonchev–Trinajstić information content (AvgIpc) is 2.30. The molecule has 0 bridgehead atoms. The van der Waals surface area contributed by atoms with Crippen molar-refractivity contribution in [2.24, 2.45) is 5.92 Å². The molecule has 0 aliphatic rings. The van der Waals surface area contributed by atoms with Gasteiger partial charge in [-0.3, -0.25) is 4.79 Å². The molecule has 0 fully saturated rings. The third-order valence-corrected chi connectivity index (χ3v) is 4.00. The molecule has 1 aromatic rings. The van der Waals surface area contributed by atoms with Gasteiger partial charge in [0.15, 0.2) is 11.6 Å². The fraction of sp³-hybridized carbons (Fsp3) is 0.417. The van der Waals surface area contributed by atoms with Crippen molar-refractivity contribution in [2.45, 2.75) is 31.2 Å². The maximum Gasteiger partial charge on any atom is 0.321 e. The maximum atomic E-state index is 13.5. The van der Waals surface area contributed by atoms with Gasteiger partial charge in [-0.15, -0.1) is 0 Å². The number of nitrogens with one attached hydrogen (secondary N) is 1. The minimum absolute atomic E-state index is 0.0332. The second kappa shape index (κ2) is 6.27. The van der Waals surface area contributed by atoms with E-state index in [-0.39, 0.29) is 12.3 Å². The quantitative estimate of drug-likeness (QED) is 0.838. The van der Waals surface area contributed by atoms with Crippen LogP contribution in [0.15, 0.2) is 23.1 Å². The molecule has 0 radical (unpaired) electrons. The van der Waals surface area contributed by atoms with E-state index in [2.05, 4.69) is 0 Å². The summed E-state index contributed by atoms with van der Waals surface area (Å²) in [5, 5.41) is 8.96. The number of halogens is 2. The Kier molecular flexibility index (Phi) is 5.18. The van der Waals surface area contributed by atoms with Crippen LogP contribution in [0.25, 0.3) is 0 Å². The van der Waals surface area contributed by atoms with E-state index in [0.717, 1.165) is 18.2 Å². The zero-order valence-corrected chi connectivity index (χ0v) is 11.7. The minimum Gasteiger partial charge on any atom is -0.480 e. The standard InChI is InChI=1S/C12H15F2NO4S/c1-7(2)6-9(12(16)17)15-20(18,19)10-5-3-4-8(13)11(10)14/h3-5,7,9,15H,6H2,1-2H3,(H,16,17)/t9-/m0/s1. The molecule has 112 valence electrons. The second-order valence-corrected chi connectivity index (χ2v) is 6.38. The monoisotopic (exact) mass is 307 g/mol. The lowest BCUT2D eigenvalue weighted by Crippen LogP contribution is -2.41. The molecule has 0 amide bonds. The first kappa shape index (κ1) is 16.5. The Bertz CT molecular complexity index is 601. The first-order valence-electron chi connectivity index (χ1n) is 5.84. The maximum absolute atomic E-state index is 13.5. The van der Waals surface area contributed by atoms with Crippen molar-refractivity contribution in [3.8, 4) is 0 Å². The van der Waals surface area contributed by atoms with Gasteiger partial charge in [0, 0.05) is 0 Å². The molecule has 0 heterocycles. The molecule has 0 aliphatic heterocycles. The SMILES string of the molecule is CC(C)C[C@H](NS(=O)(=O)c1cccc(F)c1F)C(=O)O. The number of hydrogen-bond acceptors (Lipinski definition) is 3. The summed E-state index contributed by atoms with van der Waals surface area (Å²) in [5.74, 6) is -4.31. The minimum atomic E-state index is -4.45. The predicted octanol–water partition coefficient (Wildman–Crippen LogP) is 1.74. The molecule has 5 nitrogen and oxygen atoms in total. The summed E-state index contributed by atoms with van der Waals surface area (Å²) in [5.41, 5.74) is 0. The number of sulfonamides is 1. The van der Waals surface area contributed by atoms with E-state index >= 15 is 0 Å². The van der Waals surface area contributed by atoms with Crippen molar-refractivity contribution in [2.75, 3.05) is 0 Å². The van der Waals surface area contributed by atoms with E-state index in [4.69, 9.17) is 5.11 Å². The molecule has 0 aliphatic carbocycles. The summed E-state index contributed by atoms with van der Waals surface area (Å²) in [4.78, 5) is 10.1. The normalized spacial score (nSPS) is 13.4. The van der Waals surface area contributed by atoms with E-state index in [0.29, 0.717) is 0 Å². The van der Waals surface area contributed by atoms with Crippen LogP contribution in [-0.2, 0) is 14.8 Å². The van der Waals surface area contributed by atoms with Crippen molar-refractivity contribution in [1.29, 1.82) is 0 Å². The van der Waals surface area contributed by atoms with Crippen LogP contribution < -0.4 is 4.72 Å². The van der Waals surface area contributed by atoms with Gasteiger partial charge in [0.1, 0.15) is 10.9 Å². The largest absolute Gasteiger partial charge is 0.480 e. The average molecular weight is 307 g/mol. The Hall–Kier alpha value is -1.54. The Morgan fingerprint density at radius 2 is 1.95 bits per heavy atom. The number of benzene rings is 1. The second-order valence-electron chi connectivity index (χ2n) is 4.69. The predicted molar refractivity (Wildman–Crippen MR) is 67.6 cm³/mol. The van der Waals surface area contributed by atoms with Crippen LogP contribution in [0.2, 0.25) is 0 Å². The molecule has 8 heteroatoms. The number of carboxylic acid groups (broad SMARTS) is 1. The van der Waals surface area contributed by atoms with E-state index in [1.807, 2.05) is 4.72 Å². The number of carboxylic acids is 1. The molecule has 0 unspecified atom stereocenters. The molecule has 1 atom stereocenters. The molecule has 2 N–H and O–H groups in total. The topological polar surface area (TPSA) is 83.5 Å². The molecule has 1 aromatic carbocycles. The highest BCUT2D eigenvalue weighted by Gasteiger charge is 2.28. The summed E-state index contributed by atoms with van der Waals surface area (Å²) in [6.07, 6.45) is 0.0332. The van der Waals surface area contributed by atoms with Gasteiger partial charge >= 0.3 is 5.97 Å². The number of aliphatic carboxylic acids is 1. The first-order chi connectivity index (χ1) is 9.15. The first-order valence-corrected chi connectivity index (χ1v) is 7.32. The molecular formula is C12H15F2NO4S. The van der Waals surface area contributed by atoms with E-state index in [1.54, 1.807) is 13.8 Å². The summed E-state index contributed by atoms with van der Waals surface area (Å²) < 4.78 is 52.2. The lowest BCUT2D eigenvalue weighted by Gasteiger charge is -2.16. The van der Waals surface area contributed by atoms with Crippen molar-refractivity contribution in [1.82, 2.24) is 4.72 Å². The number of carbonyl (C=O) groups is 1. The third kappa shape index (κ3) is 3.97. The van der Waals surface area contributed by atoms with E-state index < -0.39 is 38.6 Å². The molecule has 0 saturated heterocycles. The van der Waals surface area contributed by atoms with Crippen molar-refractivity contribution in [3.63, 3.8) is 0 Å². The van der Waals surface area contributed by atoms with Crippen LogP contribution in [0.4, 0.5) is 8.78 Å². The van der Waals surface area contributed by atoms with Crippen molar-refractivity contribution >= 4 is 16.0 Å². The third-order valence-electron chi connectivity index (χ3n) is 2.51. The van der Waals surface area contributed by atoms with Gasteiger partial charge in [-0.05, 0) is 24.5 Å². The number of hydrogen-bond donors (Lipinski definition) is 2. The van der Waals surface area contributed by atoms with Gasteiger partial charge in [0.05, 0.1) is 0 Å². The van der Waals surface area contributed by atoms with Crippen LogP contribution in [0.3, 0.4) is 0 Å². The Morgan fingerprint density at radius 1 is 1.35 bits per heavy atom. The van der Waals surface area contributed by atoms with Gasteiger partial charge in [0.25, 0.3) is 0 Å². The molecule has 0 saturated carbocycles. The number of rotatable bonds is 6. The van der Waals surface area contributed by atoms with Gasteiger partial charge in [0.2, 0.25) is 10.0 Å². The Labute approximate surface area is 115 Å². The van der Waals surface area contributed by atoms with Gasteiger partial charge in [-0.2, -0.15) is 4.72 Å². The molecule has 1 rings (SSSR count). The lowest BCUT2D eigenvalue weighted by atomic mass is 10.1. The van der Waals surface area contributed by atoms with E-state index in [9.17, 15) is 22.0 Å². The smallest absolute Gasteiger partial charge is 0.321 e. The van der Waals surface area contributed by atoms with Crippen molar-refractivity contribution < 1.29 is 27.1 Å².